The fourth-order valence-corrected chi connectivity index (χ4v) is 3.31. The molecule has 0 unspecified atom stereocenters. The predicted octanol–water partition coefficient (Wildman–Crippen LogP) is 2.51. The molecular weight excluding hydrogens is 224 g/mol. The van der Waals surface area contributed by atoms with Gasteiger partial charge in [0.1, 0.15) is 0 Å². The number of hydrogen-bond donors (Lipinski definition) is 0. The summed E-state index contributed by atoms with van der Waals surface area (Å²) >= 11 is 0. The average molecular weight is 252 g/mol. The lowest BCUT2D eigenvalue weighted by Gasteiger charge is -2.28. The van der Waals surface area contributed by atoms with Gasteiger partial charge in [0.25, 0.3) is 0 Å². The summed E-state index contributed by atoms with van der Waals surface area (Å²) in [5.41, 5.74) is 0. The highest BCUT2D eigenvalue weighted by molar-refractivity contribution is 5.76. The van der Waals surface area contributed by atoms with Gasteiger partial charge in [-0.3, -0.25) is 4.79 Å². The van der Waals surface area contributed by atoms with Crippen LogP contribution >= 0.6 is 0 Å². The Hall–Kier alpha value is -0.570. The maximum absolute atomic E-state index is 12.0. The summed E-state index contributed by atoms with van der Waals surface area (Å²) in [6.45, 7) is 4.11. The molecule has 0 N–H and O–H groups in total. The van der Waals surface area contributed by atoms with Crippen LogP contribution in [-0.2, 0) is 4.79 Å². The Balaban J connectivity index is 1.61. The molecule has 0 aromatic carbocycles. The van der Waals surface area contributed by atoms with Crippen molar-refractivity contribution in [1.82, 2.24) is 9.80 Å². The van der Waals surface area contributed by atoms with Crippen LogP contribution in [0.4, 0.5) is 0 Å². The molecule has 2 aliphatic rings. The summed E-state index contributed by atoms with van der Waals surface area (Å²) < 4.78 is 0. The summed E-state index contributed by atoms with van der Waals surface area (Å²) in [5, 5.41) is 0. The van der Waals surface area contributed by atoms with Gasteiger partial charge in [-0.25, -0.2) is 0 Å². The molecule has 0 spiro atoms. The van der Waals surface area contributed by atoms with Crippen LogP contribution in [0.1, 0.15) is 51.4 Å². The van der Waals surface area contributed by atoms with Gasteiger partial charge in [0.05, 0.1) is 0 Å². The summed E-state index contributed by atoms with van der Waals surface area (Å²) in [6.07, 6.45) is 10.0. The van der Waals surface area contributed by atoms with E-state index >= 15 is 0 Å². The van der Waals surface area contributed by atoms with Crippen molar-refractivity contribution in [2.45, 2.75) is 51.4 Å². The standard InChI is InChI=1S/C15H28N2O/c1-16(13-14-7-3-4-8-14)12-9-15(18)17-10-5-2-6-11-17/h14H,2-13H2,1H3. The van der Waals surface area contributed by atoms with Gasteiger partial charge in [-0.15, -0.1) is 0 Å². The van der Waals surface area contributed by atoms with Gasteiger partial charge in [0.15, 0.2) is 0 Å². The van der Waals surface area contributed by atoms with Crippen LogP contribution in [0.25, 0.3) is 0 Å². The van der Waals surface area contributed by atoms with Crippen molar-refractivity contribution in [2.24, 2.45) is 5.92 Å². The van der Waals surface area contributed by atoms with Gasteiger partial charge < -0.3 is 9.80 Å². The minimum absolute atomic E-state index is 0.368. The van der Waals surface area contributed by atoms with Crippen LogP contribution in [0.15, 0.2) is 0 Å². The molecule has 1 saturated carbocycles. The monoisotopic (exact) mass is 252 g/mol. The molecule has 0 radical (unpaired) electrons. The zero-order chi connectivity index (χ0) is 12.8. The van der Waals surface area contributed by atoms with Crippen molar-refractivity contribution in [1.29, 1.82) is 0 Å². The molecule has 1 aliphatic heterocycles. The Kier molecular flexibility index (Phi) is 5.48. The van der Waals surface area contributed by atoms with Gasteiger partial charge in [0, 0.05) is 32.6 Å². The second-order valence-electron chi connectivity index (χ2n) is 6.10. The number of carbonyl (C=O) groups is 1. The fourth-order valence-electron chi connectivity index (χ4n) is 3.31. The van der Waals surface area contributed by atoms with E-state index in [1.54, 1.807) is 0 Å². The number of amides is 1. The van der Waals surface area contributed by atoms with Crippen LogP contribution in [-0.4, -0.2) is 48.9 Å². The van der Waals surface area contributed by atoms with Gasteiger partial charge in [-0.2, -0.15) is 0 Å². The first-order chi connectivity index (χ1) is 8.75. The second kappa shape index (κ2) is 7.13. The smallest absolute Gasteiger partial charge is 0.223 e. The summed E-state index contributed by atoms with van der Waals surface area (Å²) in [4.78, 5) is 16.5. The molecule has 2 fully saturated rings. The Morgan fingerprint density at radius 1 is 1.11 bits per heavy atom. The molecule has 3 heteroatoms. The molecule has 2 rings (SSSR count). The average Bonchev–Trinajstić information content (AvgIpc) is 2.90. The SMILES string of the molecule is CN(CCC(=O)N1CCCCC1)CC1CCCC1. The third-order valence-electron chi connectivity index (χ3n) is 4.46. The number of piperidine rings is 1. The number of nitrogens with zero attached hydrogens (tertiary/aromatic N) is 2. The number of carbonyl (C=O) groups excluding carboxylic acids is 1. The van der Waals surface area contributed by atoms with E-state index in [1.165, 1.54) is 51.5 Å². The van der Waals surface area contributed by atoms with Gasteiger partial charge in [-0.1, -0.05) is 12.8 Å². The second-order valence-corrected chi connectivity index (χ2v) is 6.10. The Morgan fingerprint density at radius 2 is 1.78 bits per heavy atom. The lowest BCUT2D eigenvalue weighted by molar-refractivity contribution is -0.132. The zero-order valence-corrected chi connectivity index (χ0v) is 11.9. The number of hydrogen-bond acceptors (Lipinski definition) is 2. The highest BCUT2D eigenvalue weighted by Crippen LogP contribution is 2.25. The third kappa shape index (κ3) is 4.27. The molecule has 0 bridgehead atoms. The first-order valence-electron chi connectivity index (χ1n) is 7.72. The van der Waals surface area contributed by atoms with E-state index in [2.05, 4.69) is 16.8 Å². The first-order valence-corrected chi connectivity index (χ1v) is 7.72. The van der Waals surface area contributed by atoms with E-state index in [1.807, 2.05) is 0 Å². The van der Waals surface area contributed by atoms with E-state index in [9.17, 15) is 4.79 Å². The summed E-state index contributed by atoms with van der Waals surface area (Å²) in [5.74, 6) is 1.26. The van der Waals surface area contributed by atoms with Crippen molar-refractivity contribution in [3.05, 3.63) is 0 Å². The largest absolute Gasteiger partial charge is 0.343 e. The fraction of sp³-hybridized carbons (Fsp3) is 0.933. The Bertz CT molecular complexity index is 255. The summed E-state index contributed by atoms with van der Waals surface area (Å²) in [6, 6.07) is 0. The highest BCUT2D eigenvalue weighted by Gasteiger charge is 2.19. The predicted molar refractivity (Wildman–Crippen MR) is 74.5 cm³/mol. The van der Waals surface area contributed by atoms with Crippen molar-refractivity contribution < 1.29 is 4.79 Å². The van der Waals surface area contributed by atoms with Crippen molar-refractivity contribution in [2.75, 3.05) is 33.2 Å². The molecule has 1 aliphatic carbocycles. The van der Waals surface area contributed by atoms with E-state index in [4.69, 9.17) is 0 Å². The molecule has 104 valence electrons. The Morgan fingerprint density at radius 3 is 2.44 bits per heavy atom. The van der Waals surface area contributed by atoms with E-state index < -0.39 is 0 Å². The lowest BCUT2D eigenvalue weighted by Crippen LogP contribution is -2.37. The first kappa shape index (κ1) is 13.9. The molecule has 1 saturated heterocycles. The van der Waals surface area contributed by atoms with Crippen LogP contribution in [0.5, 0.6) is 0 Å². The molecular formula is C15H28N2O. The van der Waals surface area contributed by atoms with Crippen molar-refractivity contribution in [3.63, 3.8) is 0 Å². The van der Waals surface area contributed by atoms with Crippen LogP contribution in [0.3, 0.4) is 0 Å². The number of likely N-dealkylation sites (tertiary alicyclic amines) is 1. The van der Waals surface area contributed by atoms with E-state index in [-0.39, 0.29) is 0 Å². The third-order valence-corrected chi connectivity index (χ3v) is 4.46. The van der Waals surface area contributed by atoms with Gasteiger partial charge >= 0.3 is 0 Å². The molecule has 0 aromatic heterocycles. The van der Waals surface area contributed by atoms with Crippen LogP contribution in [0, 0.1) is 5.92 Å². The zero-order valence-electron chi connectivity index (χ0n) is 11.9. The molecule has 3 nitrogen and oxygen atoms in total. The highest BCUT2D eigenvalue weighted by atomic mass is 16.2. The van der Waals surface area contributed by atoms with Gasteiger partial charge in [-0.05, 0) is 45.1 Å². The molecule has 1 amide bonds. The topological polar surface area (TPSA) is 23.6 Å². The molecule has 0 atom stereocenters. The number of rotatable bonds is 5. The van der Waals surface area contributed by atoms with Crippen LogP contribution in [0.2, 0.25) is 0 Å². The van der Waals surface area contributed by atoms with E-state index in [0.717, 1.165) is 25.6 Å². The minimum Gasteiger partial charge on any atom is -0.343 e. The molecule has 0 aromatic rings. The van der Waals surface area contributed by atoms with E-state index in [0.29, 0.717) is 12.3 Å². The van der Waals surface area contributed by atoms with Crippen molar-refractivity contribution in [3.8, 4) is 0 Å². The molecule has 18 heavy (non-hydrogen) atoms. The minimum atomic E-state index is 0.368. The quantitative estimate of drug-likeness (QED) is 0.750. The maximum Gasteiger partial charge on any atom is 0.223 e. The van der Waals surface area contributed by atoms with Crippen LogP contribution < -0.4 is 0 Å². The maximum atomic E-state index is 12.0. The molecule has 1 heterocycles. The Labute approximate surface area is 112 Å². The lowest BCUT2D eigenvalue weighted by atomic mass is 10.1. The normalized spacial score (nSPS) is 21.8. The van der Waals surface area contributed by atoms with Crippen molar-refractivity contribution >= 4 is 5.91 Å². The van der Waals surface area contributed by atoms with Gasteiger partial charge in [0.2, 0.25) is 5.91 Å². The summed E-state index contributed by atoms with van der Waals surface area (Å²) in [7, 11) is 2.17.